The number of hydrogen-bond donors (Lipinski definition) is 2. The van der Waals surface area contributed by atoms with Crippen molar-refractivity contribution in [3.8, 4) is 0 Å². The van der Waals surface area contributed by atoms with Gasteiger partial charge >= 0.3 is 0 Å². The van der Waals surface area contributed by atoms with Crippen molar-refractivity contribution in [1.29, 1.82) is 0 Å². The molecule has 1 heterocycles. The predicted molar refractivity (Wildman–Crippen MR) is 83.0 cm³/mol. The molecule has 2 rings (SSSR count). The van der Waals surface area contributed by atoms with Crippen LogP contribution in [0.5, 0.6) is 0 Å². The van der Waals surface area contributed by atoms with Crippen LogP contribution in [0.2, 0.25) is 0 Å². The molecule has 114 valence electrons. The number of thiocarbonyl (C=S) groups is 1. The quantitative estimate of drug-likeness (QED) is 0.769. The molecule has 21 heavy (non-hydrogen) atoms. The zero-order valence-electron chi connectivity index (χ0n) is 11.4. The van der Waals surface area contributed by atoms with Gasteiger partial charge < -0.3 is 11.5 Å². The molecule has 0 saturated carbocycles. The summed E-state index contributed by atoms with van der Waals surface area (Å²) in [6.45, 7) is 0.597. The number of carbonyl (C=O) groups excluding carboxylic acids is 1. The Morgan fingerprint density at radius 2 is 1.67 bits per heavy atom. The number of sulfonamides is 1. The van der Waals surface area contributed by atoms with Crippen molar-refractivity contribution in [3.63, 3.8) is 0 Å². The fourth-order valence-corrected chi connectivity index (χ4v) is 3.93. The number of hydrogen-bond acceptors (Lipinski definition) is 4. The van der Waals surface area contributed by atoms with E-state index in [4.69, 9.17) is 23.7 Å². The van der Waals surface area contributed by atoms with Gasteiger partial charge in [-0.2, -0.15) is 4.31 Å². The molecule has 1 aliphatic heterocycles. The van der Waals surface area contributed by atoms with E-state index in [2.05, 4.69) is 0 Å². The van der Waals surface area contributed by atoms with Gasteiger partial charge in [0, 0.05) is 24.6 Å². The Hall–Kier alpha value is -1.51. The van der Waals surface area contributed by atoms with Gasteiger partial charge in [-0.3, -0.25) is 4.79 Å². The number of carbonyl (C=O) groups is 1. The summed E-state index contributed by atoms with van der Waals surface area (Å²) in [7, 11) is -3.56. The first-order valence-corrected chi connectivity index (χ1v) is 8.36. The zero-order valence-corrected chi connectivity index (χ0v) is 13.0. The molecule has 4 N–H and O–H groups in total. The minimum absolute atomic E-state index is 0.194. The molecule has 0 radical (unpaired) electrons. The highest BCUT2D eigenvalue weighted by molar-refractivity contribution is 7.89. The standard InChI is InChI=1S/C13H17N3O3S2/c14-12(17)9-5-7-16(8-6-9)21(18,19)11-3-1-10(2-4-11)13(15)20/h1-4,9H,5-8H2,(H2,14,17)(H2,15,20). The van der Waals surface area contributed by atoms with Crippen molar-refractivity contribution >= 4 is 33.1 Å². The predicted octanol–water partition coefficient (Wildman–Crippen LogP) is 0.207. The second kappa shape index (κ2) is 6.08. The van der Waals surface area contributed by atoms with E-state index in [1.807, 2.05) is 0 Å². The Morgan fingerprint density at radius 3 is 2.10 bits per heavy atom. The molecule has 1 aromatic rings. The van der Waals surface area contributed by atoms with Crippen LogP contribution in [0.4, 0.5) is 0 Å². The van der Waals surface area contributed by atoms with Crippen LogP contribution in [0.1, 0.15) is 18.4 Å². The SMILES string of the molecule is NC(=O)C1CCN(S(=O)(=O)c2ccc(C(N)=S)cc2)CC1. The maximum atomic E-state index is 12.5. The molecule has 1 amide bonds. The summed E-state index contributed by atoms with van der Waals surface area (Å²) in [5, 5.41) is 0. The highest BCUT2D eigenvalue weighted by Gasteiger charge is 2.31. The molecule has 8 heteroatoms. The number of rotatable bonds is 4. The van der Waals surface area contributed by atoms with Gasteiger partial charge in [0.2, 0.25) is 15.9 Å². The highest BCUT2D eigenvalue weighted by Crippen LogP contribution is 2.23. The van der Waals surface area contributed by atoms with Gasteiger partial charge in [-0.15, -0.1) is 0 Å². The fourth-order valence-electron chi connectivity index (χ4n) is 2.32. The lowest BCUT2D eigenvalue weighted by molar-refractivity contribution is -0.122. The summed E-state index contributed by atoms with van der Waals surface area (Å²) in [6.07, 6.45) is 0.916. The van der Waals surface area contributed by atoms with Crippen molar-refractivity contribution in [1.82, 2.24) is 4.31 Å². The second-order valence-electron chi connectivity index (χ2n) is 4.97. The number of nitrogens with two attached hydrogens (primary N) is 2. The lowest BCUT2D eigenvalue weighted by atomic mass is 9.98. The van der Waals surface area contributed by atoms with E-state index in [9.17, 15) is 13.2 Å². The third-order valence-electron chi connectivity index (χ3n) is 3.63. The van der Waals surface area contributed by atoms with Crippen LogP contribution in [0.25, 0.3) is 0 Å². The molecular weight excluding hydrogens is 310 g/mol. The largest absolute Gasteiger partial charge is 0.389 e. The summed E-state index contributed by atoms with van der Waals surface area (Å²) >= 11 is 4.84. The van der Waals surface area contributed by atoms with Crippen LogP contribution < -0.4 is 11.5 Å². The molecule has 1 aliphatic rings. The van der Waals surface area contributed by atoms with E-state index in [0.29, 0.717) is 31.5 Å². The van der Waals surface area contributed by atoms with Crippen LogP contribution in [0.15, 0.2) is 29.2 Å². The Bertz CT molecular complexity index is 648. The summed E-state index contributed by atoms with van der Waals surface area (Å²) in [5.74, 6) is -0.610. The van der Waals surface area contributed by atoms with Crippen molar-refractivity contribution < 1.29 is 13.2 Å². The van der Waals surface area contributed by atoms with Crippen LogP contribution in [0, 0.1) is 5.92 Å². The van der Waals surface area contributed by atoms with E-state index < -0.39 is 10.0 Å². The molecule has 1 saturated heterocycles. The average Bonchev–Trinajstić information content (AvgIpc) is 2.47. The van der Waals surface area contributed by atoms with Gasteiger partial charge in [0.05, 0.1) is 4.90 Å². The highest BCUT2D eigenvalue weighted by atomic mass is 32.2. The molecule has 0 atom stereocenters. The summed E-state index contributed by atoms with van der Waals surface area (Å²) < 4.78 is 26.4. The minimum atomic E-state index is -3.56. The van der Waals surface area contributed by atoms with Crippen molar-refractivity contribution in [2.45, 2.75) is 17.7 Å². The smallest absolute Gasteiger partial charge is 0.243 e. The van der Waals surface area contributed by atoms with Crippen LogP contribution in [-0.2, 0) is 14.8 Å². The fraction of sp³-hybridized carbons (Fsp3) is 0.385. The number of amides is 1. The van der Waals surface area contributed by atoms with E-state index in [1.165, 1.54) is 16.4 Å². The summed E-state index contributed by atoms with van der Waals surface area (Å²) in [5.41, 5.74) is 11.4. The number of benzene rings is 1. The Balaban J connectivity index is 2.15. The summed E-state index contributed by atoms with van der Waals surface area (Å²) in [4.78, 5) is 11.5. The molecular formula is C13H17N3O3S2. The zero-order chi connectivity index (χ0) is 15.6. The van der Waals surface area contributed by atoms with Gasteiger partial charge in [-0.1, -0.05) is 24.4 Å². The van der Waals surface area contributed by atoms with Gasteiger partial charge in [-0.25, -0.2) is 8.42 Å². The summed E-state index contributed by atoms with van der Waals surface area (Å²) in [6, 6.07) is 6.16. The first kappa shape index (κ1) is 15.9. The molecule has 1 fully saturated rings. The molecule has 0 aliphatic carbocycles. The van der Waals surface area contributed by atoms with Crippen molar-refractivity contribution in [3.05, 3.63) is 29.8 Å². The molecule has 0 bridgehead atoms. The van der Waals surface area contributed by atoms with Gasteiger partial charge in [0.25, 0.3) is 0 Å². The number of primary amides is 1. The van der Waals surface area contributed by atoms with E-state index in [-0.39, 0.29) is 21.7 Å². The first-order chi connectivity index (χ1) is 9.82. The van der Waals surface area contributed by atoms with Gasteiger partial charge in [0.1, 0.15) is 4.99 Å². The van der Waals surface area contributed by atoms with E-state index in [0.717, 1.165) is 0 Å². The maximum Gasteiger partial charge on any atom is 0.243 e. The molecule has 0 unspecified atom stereocenters. The number of piperidine rings is 1. The van der Waals surface area contributed by atoms with Gasteiger partial charge in [0.15, 0.2) is 0 Å². The normalized spacial score (nSPS) is 17.5. The van der Waals surface area contributed by atoms with Crippen LogP contribution in [0.3, 0.4) is 0 Å². The molecule has 0 spiro atoms. The van der Waals surface area contributed by atoms with E-state index >= 15 is 0 Å². The number of nitrogens with zero attached hydrogens (tertiary/aromatic N) is 1. The lowest BCUT2D eigenvalue weighted by Gasteiger charge is -2.29. The Labute approximate surface area is 129 Å². The maximum absolute atomic E-state index is 12.5. The third kappa shape index (κ3) is 3.39. The minimum Gasteiger partial charge on any atom is -0.389 e. The third-order valence-corrected chi connectivity index (χ3v) is 5.78. The first-order valence-electron chi connectivity index (χ1n) is 6.51. The Kier molecular flexibility index (Phi) is 4.60. The van der Waals surface area contributed by atoms with Crippen molar-refractivity contribution in [2.75, 3.05) is 13.1 Å². The van der Waals surface area contributed by atoms with Crippen LogP contribution in [-0.4, -0.2) is 36.7 Å². The molecule has 0 aromatic heterocycles. The van der Waals surface area contributed by atoms with E-state index in [1.54, 1.807) is 12.1 Å². The average molecular weight is 327 g/mol. The van der Waals surface area contributed by atoms with Crippen LogP contribution >= 0.6 is 12.2 Å². The lowest BCUT2D eigenvalue weighted by Crippen LogP contribution is -2.41. The molecule has 1 aromatic carbocycles. The van der Waals surface area contributed by atoms with Gasteiger partial charge in [-0.05, 0) is 25.0 Å². The topological polar surface area (TPSA) is 106 Å². The van der Waals surface area contributed by atoms with Crippen molar-refractivity contribution in [2.24, 2.45) is 17.4 Å². The Morgan fingerprint density at radius 1 is 1.14 bits per heavy atom. The monoisotopic (exact) mass is 327 g/mol. The second-order valence-corrected chi connectivity index (χ2v) is 7.35. The molecule has 6 nitrogen and oxygen atoms in total.